The van der Waals surface area contributed by atoms with E-state index in [1.165, 1.54) is 45.0 Å². The highest BCUT2D eigenvalue weighted by molar-refractivity contribution is 14.0. The monoisotopic (exact) mass is 550 g/mol. The van der Waals surface area contributed by atoms with E-state index in [-0.39, 0.29) is 24.0 Å². The maximum atomic E-state index is 11.8. The van der Waals surface area contributed by atoms with E-state index in [0.29, 0.717) is 23.4 Å². The number of nitrogens with zero attached hydrogens (tertiary/aromatic N) is 2. The largest absolute Gasteiger partial charge is 0.355 e. The first-order chi connectivity index (χ1) is 13.8. The summed E-state index contributed by atoms with van der Waals surface area (Å²) in [6.07, 6.45) is 6.23. The molecule has 0 aliphatic carbocycles. The van der Waals surface area contributed by atoms with E-state index >= 15 is 0 Å². The van der Waals surface area contributed by atoms with E-state index < -0.39 is 9.84 Å². The van der Waals surface area contributed by atoms with E-state index in [1.807, 2.05) is 19.1 Å². The SMILES string of the molecule is CCC(CC)C(CNC(=NC)NCc1ccc(S(C)(=O)=O)c(C)c1)N1CCCC1.I. The van der Waals surface area contributed by atoms with Gasteiger partial charge in [0.2, 0.25) is 0 Å². The van der Waals surface area contributed by atoms with Crippen molar-refractivity contribution in [3.63, 3.8) is 0 Å². The Bertz CT molecular complexity index is 786. The standard InChI is InChI=1S/C22H38N4O2S.HI/c1-6-19(7-2)20(26-12-8-9-13-26)16-25-22(23-4)24-15-18-10-11-21(17(3)14-18)29(5,27)28;/h10-11,14,19-20H,6-9,12-13,15-16H2,1-5H3,(H2,23,24,25);1H. The van der Waals surface area contributed by atoms with Crippen LogP contribution in [0.2, 0.25) is 0 Å². The molecule has 0 bridgehead atoms. The Hall–Kier alpha value is -0.870. The molecule has 1 aromatic carbocycles. The molecule has 0 amide bonds. The minimum atomic E-state index is -3.19. The molecule has 6 nitrogen and oxygen atoms in total. The number of rotatable bonds is 9. The Morgan fingerprint density at radius 1 is 1.17 bits per heavy atom. The minimum absolute atomic E-state index is 0. The summed E-state index contributed by atoms with van der Waals surface area (Å²) < 4.78 is 23.6. The van der Waals surface area contributed by atoms with Crippen LogP contribution < -0.4 is 10.6 Å². The number of hydrogen-bond donors (Lipinski definition) is 2. The Labute approximate surface area is 200 Å². The quantitative estimate of drug-likeness (QED) is 0.280. The Balaban J connectivity index is 0.00000450. The third kappa shape index (κ3) is 7.67. The second-order valence-corrected chi connectivity index (χ2v) is 10.0. The fourth-order valence-electron chi connectivity index (χ4n) is 4.35. The first-order valence-corrected chi connectivity index (χ1v) is 12.7. The molecule has 8 heteroatoms. The molecule has 0 saturated carbocycles. The van der Waals surface area contributed by atoms with Crippen molar-refractivity contribution in [2.75, 3.05) is 32.9 Å². The van der Waals surface area contributed by atoms with E-state index in [4.69, 9.17) is 0 Å². The van der Waals surface area contributed by atoms with Gasteiger partial charge in [0.05, 0.1) is 4.90 Å². The third-order valence-electron chi connectivity index (χ3n) is 6.00. The number of benzene rings is 1. The van der Waals surface area contributed by atoms with Gasteiger partial charge in [0, 0.05) is 32.4 Å². The van der Waals surface area contributed by atoms with Crippen molar-refractivity contribution in [1.29, 1.82) is 0 Å². The van der Waals surface area contributed by atoms with Crippen molar-refractivity contribution in [1.82, 2.24) is 15.5 Å². The van der Waals surface area contributed by atoms with Crippen molar-refractivity contribution in [3.8, 4) is 0 Å². The van der Waals surface area contributed by atoms with E-state index in [1.54, 1.807) is 13.1 Å². The molecule has 1 saturated heterocycles. The van der Waals surface area contributed by atoms with Gasteiger partial charge in [-0.05, 0) is 56.0 Å². The molecular weight excluding hydrogens is 511 g/mol. The molecule has 1 aliphatic heterocycles. The van der Waals surface area contributed by atoms with E-state index in [2.05, 4.69) is 34.4 Å². The molecule has 1 fully saturated rings. The average molecular weight is 551 g/mol. The number of hydrogen-bond acceptors (Lipinski definition) is 4. The van der Waals surface area contributed by atoms with Gasteiger partial charge in [-0.2, -0.15) is 0 Å². The second kappa shape index (κ2) is 12.9. The van der Waals surface area contributed by atoms with Gasteiger partial charge in [-0.25, -0.2) is 8.42 Å². The highest BCUT2D eigenvalue weighted by Crippen LogP contribution is 2.22. The number of nitrogens with one attached hydrogen (secondary N) is 2. The molecule has 0 aromatic heterocycles. The summed E-state index contributed by atoms with van der Waals surface area (Å²) in [5.74, 6) is 1.47. The van der Waals surface area contributed by atoms with Gasteiger partial charge >= 0.3 is 0 Å². The van der Waals surface area contributed by atoms with Gasteiger partial charge in [0.15, 0.2) is 15.8 Å². The number of halogens is 1. The lowest BCUT2D eigenvalue weighted by molar-refractivity contribution is 0.166. The van der Waals surface area contributed by atoms with Crippen LogP contribution in [0, 0.1) is 12.8 Å². The van der Waals surface area contributed by atoms with Crippen molar-refractivity contribution < 1.29 is 8.42 Å². The molecule has 2 rings (SSSR count). The summed E-state index contributed by atoms with van der Waals surface area (Å²) in [4.78, 5) is 7.39. The van der Waals surface area contributed by atoms with E-state index in [0.717, 1.165) is 23.6 Å². The molecule has 1 aliphatic rings. The summed E-state index contributed by atoms with van der Waals surface area (Å²) in [6.45, 7) is 10.3. The fourth-order valence-corrected chi connectivity index (χ4v) is 5.30. The first-order valence-electron chi connectivity index (χ1n) is 10.8. The fraction of sp³-hybridized carbons (Fsp3) is 0.682. The number of guanidine groups is 1. The van der Waals surface area contributed by atoms with Crippen LogP contribution in [0.15, 0.2) is 28.1 Å². The Morgan fingerprint density at radius 3 is 2.30 bits per heavy atom. The molecule has 1 unspecified atom stereocenters. The molecule has 1 atom stereocenters. The zero-order valence-corrected chi connectivity index (χ0v) is 22.2. The van der Waals surface area contributed by atoms with Crippen LogP contribution in [-0.4, -0.2) is 58.3 Å². The molecule has 1 heterocycles. The van der Waals surface area contributed by atoms with Crippen molar-refractivity contribution >= 4 is 39.8 Å². The predicted molar refractivity (Wildman–Crippen MR) is 137 cm³/mol. The number of aliphatic imine (C=N–C) groups is 1. The number of likely N-dealkylation sites (tertiary alicyclic amines) is 1. The molecular formula is C22H39IN4O2S. The van der Waals surface area contributed by atoms with Crippen LogP contribution in [-0.2, 0) is 16.4 Å². The first kappa shape index (κ1) is 27.2. The zero-order chi connectivity index (χ0) is 21.4. The molecule has 0 spiro atoms. The lowest BCUT2D eigenvalue weighted by Gasteiger charge is -2.34. The van der Waals surface area contributed by atoms with Gasteiger partial charge in [-0.3, -0.25) is 9.89 Å². The maximum Gasteiger partial charge on any atom is 0.191 e. The molecule has 1 aromatic rings. The van der Waals surface area contributed by atoms with Crippen LogP contribution in [0.1, 0.15) is 50.7 Å². The van der Waals surface area contributed by atoms with Crippen molar-refractivity contribution in [3.05, 3.63) is 29.3 Å². The molecule has 30 heavy (non-hydrogen) atoms. The van der Waals surface area contributed by atoms with Gasteiger partial charge < -0.3 is 10.6 Å². The lowest BCUT2D eigenvalue weighted by Crippen LogP contribution is -2.49. The van der Waals surface area contributed by atoms with Crippen molar-refractivity contribution in [2.24, 2.45) is 10.9 Å². The van der Waals surface area contributed by atoms with E-state index in [9.17, 15) is 8.42 Å². The van der Waals surface area contributed by atoms with Crippen LogP contribution >= 0.6 is 24.0 Å². The summed E-state index contributed by atoms with van der Waals surface area (Å²) in [5.41, 5.74) is 1.81. The van der Waals surface area contributed by atoms with Crippen LogP contribution in [0.3, 0.4) is 0 Å². The van der Waals surface area contributed by atoms with Gasteiger partial charge in [0.25, 0.3) is 0 Å². The molecule has 172 valence electrons. The zero-order valence-electron chi connectivity index (χ0n) is 19.1. The third-order valence-corrected chi connectivity index (χ3v) is 7.26. The van der Waals surface area contributed by atoms with Gasteiger partial charge in [-0.1, -0.05) is 38.8 Å². The summed E-state index contributed by atoms with van der Waals surface area (Å²) in [6, 6.07) is 6.01. The lowest BCUT2D eigenvalue weighted by atomic mass is 9.93. The summed E-state index contributed by atoms with van der Waals surface area (Å²) in [7, 11) is -1.40. The summed E-state index contributed by atoms with van der Waals surface area (Å²) >= 11 is 0. The summed E-state index contributed by atoms with van der Waals surface area (Å²) in [5, 5.41) is 6.88. The highest BCUT2D eigenvalue weighted by Gasteiger charge is 2.27. The topological polar surface area (TPSA) is 73.8 Å². The number of sulfone groups is 1. The normalized spacial score (nSPS) is 16.4. The average Bonchev–Trinajstić information content (AvgIpc) is 3.20. The van der Waals surface area contributed by atoms with Gasteiger partial charge in [0.1, 0.15) is 0 Å². The second-order valence-electron chi connectivity index (χ2n) is 8.07. The predicted octanol–water partition coefficient (Wildman–Crippen LogP) is 3.58. The van der Waals surface area contributed by atoms with Gasteiger partial charge in [-0.15, -0.1) is 24.0 Å². The minimum Gasteiger partial charge on any atom is -0.355 e. The van der Waals surface area contributed by atoms with Crippen LogP contribution in [0.5, 0.6) is 0 Å². The highest BCUT2D eigenvalue weighted by atomic mass is 127. The van der Waals surface area contributed by atoms with Crippen LogP contribution in [0.4, 0.5) is 0 Å². The van der Waals surface area contributed by atoms with Crippen molar-refractivity contribution in [2.45, 2.75) is 63.9 Å². The molecule has 2 N–H and O–H groups in total. The Kier molecular flexibility index (Phi) is 11.6. The number of aryl methyl sites for hydroxylation is 1. The molecule has 0 radical (unpaired) electrons. The maximum absolute atomic E-state index is 11.8. The smallest absolute Gasteiger partial charge is 0.191 e. The Morgan fingerprint density at radius 2 is 1.80 bits per heavy atom. The van der Waals surface area contributed by atoms with Crippen LogP contribution in [0.25, 0.3) is 0 Å².